The van der Waals surface area contributed by atoms with E-state index in [4.69, 9.17) is 0 Å². The maximum absolute atomic E-state index is 10.4. The zero-order chi connectivity index (χ0) is 14.4. The number of fused-ring (bicyclic) bond motifs is 3. The van der Waals surface area contributed by atoms with Gasteiger partial charge in [-0.2, -0.15) is 0 Å². The second kappa shape index (κ2) is 4.38. The number of hydrogen-bond acceptors (Lipinski definition) is 1. The first-order valence-corrected chi connectivity index (χ1v) is 7.04. The summed E-state index contributed by atoms with van der Waals surface area (Å²) >= 11 is 0. The first kappa shape index (κ1) is 12.0. The highest BCUT2D eigenvalue weighted by molar-refractivity contribution is 6.14. The van der Waals surface area contributed by atoms with Crippen molar-refractivity contribution in [3.63, 3.8) is 0 Å². The third-order valence-electron chi connectivity index (χ3n) is 4.06. The van der Waals surface area contributed by atoms with Crippen LogP contribution >= 0.6 is 0 Å². The molecule has 0 atom stereocenters. The van der Waals surface area contributed by atoms with Crippen LogP contribution < -0.4 is 0 Å². The number of nitrogens with one attached hydrogen (secondary N) is 1. The molecule has 0 spiro atoms. The fourth-order valence-corrected chi connectivity index (χ4v) is 3.00. The third kappa shape index (κ3) is 1.73. The first-order valence-electron chi connectivity index (χ1n) is 7.04. The highest BCUT2D eigenvalue weighted by Crippen LogP contribution is 2.39. The lowest BCUT2D eigenvalue weighted by Crippen LogP contribution is -1.83. The topological polar surface area (TPSA) is 36.0 Å². The Balaban J connectivity index is 2.16. The van der Waals surface area contributed by atoms with Crippen molar-refractivity contribution in [1.82, 2.24) is 4.98 Å². The number of aromatic amines is 1. The van der Waals surface area contributed by atoms with Crippen LogP contribution in [-0.4, -0.2) is 10.1 Å². The zero-order valence-corrected chi connectivity index (χ0v) is 11.7. The van der Waals surface area contributed by atoms with Crippen LogP contribution in [0.25, 0.3) is 32.9 Å². The lowest BCUT2D eigenvalue weighted by atomic mass is 9.97. The Morgan fingerprint density at radius 3 is 2.38 bits per heavy atom. The monoisotopic (exact) mass is 273 g/mol. The second-order valence-electron chi connectivity index (χ2n) is 5.37. The Morgan fingerprint density at radius 2 is 1.48 bits per heavy atom. The van der Waals surface area contributed by atoms with Crippen molar-refractivity contribution in [3.05, 3.63) is 66.2 Å². The van der Waals surface area contributed by atoms with E-state index in [-0.39, 0.29) is 0 Å². The summed E-state index contributed by atoms with van der Waals surface area (Å²) in [6.07, 6.45) is 0. The largest absolute Gasteiger partial charge is 0.507 e. The van der Waals surface area contributed by atoms with E-state index in [1.807, 2.05) is 43.3 Å². The van der Waals surface area contributed by atoms with Gasteiger partial charge in [0.25, 0.3) is 0 Å². The van der Waals surface area contributed by atoms with Crippen LogP contribution in [-0.2, 0) is 0 Å². The van der Waals surface area contributed by atoms with Gasteiger partial charge in [-0.1, -0.05) is 48.5 Å². The van der Waals surface area contributed by atoms with Crippen LogP contribution in [0.15, 0.2) is 60.7 Å². The van der Waals surface area contributed by atoms with E-state index in [0.29, 0.717) is 5.75 Å². The Labute approximate surface area is 122 Å². The molecule has 0 fully saturated rings. The van der Waals surface area contributed by atoms with E-state index in [1.54, 1.807) is 0 Å². The molecule has 2 nitrogen and oxygen atoms in total. The summed E-state index contributed by atoms with van der Waals surface area (Å²) in [4.78, 5) is 3.44. The molecule has 4 aromatic rings. The van der Waals surface area contributed by atoms with Gasteiger partial charge in [-0.3, -0.25) is 0 Å². The average Bonchev–Trinajstić information content (AvgIpc) is 2.89. The number of aryl methyl sites for hydroxylation is 1. The number of phenolic OH excluding ortho intramolecular Hbond substituents is 1. The molecule has 4 rings (SSSR count). The molecule has 1 heterocycles. The minimum absolute atomic E-state index is 0.357. The smallest absolute Gasteiger partial charge is 0.126 e. The van der Waals surface area contributed by atoms with Crippen LogP contribution in [0.4, 0.5) is 0 Å². The summed E-state index contributed by atoms with van der Waals surface area (Å²) in [5.41, 5.74) is 5.04. The van der Waals surface area contributed by atoms with Gasteiger partial charge < -0.3 is 10.1 Å². The van der Waals surface area contributed by atoms with Crippen molar-refractivity contribution >= 4 is 21.8 Å². The molecule has 0 aliphatic heterocycles. The van der Waals surface area contributed by atoms with Crippen LogP contribution in [0.1, 0.15) is 5.56 Å². The summed E-state index contributed by atoms with van der Waals surface area (Å²) in [5.74, 6) is 0.357. The normalized spacial score (nSPS) is 11.3. The first-order chi connectivity index (χ1) is 10.3. The molecule has 0 aliphatic carbocycles. The standard InChI is InChI=1S/C19H15NO/c1-12-6-4-9-14(19(12)21)13-8-5-11-17-18(13)15-7-2-3-10-16(15)20-17/h2-11,20-21H,1H3. The van der Waals surface area contributed by atoms with Crippen LogP contribution in [0, 0.1) is 6.92 Å². The predicted octanol–water partition coefficient (Wildman–Crippen LogP) is 5.00. The van der Waals surface area contributed by atoms with Gasteiger partial charge in [-0.25, -0.2) is 0 Å². The third-order valence-corrected chi connectivity index (χ3v) is 4.06. The molecule has 0 aliphatic rings. The Morgan fingerprint density at radius 1 is 0.762 bits per heavy atom. The van der Waals surface area contributed by atoms with Crippen molar-refractivity contribution in [2.75, 3.05) is 0 Å². The minimum Gasteiger partial charge on any atom is -0.507 e. The molecule has 2 N–H and O–H groups in total. The molecular formula is C19H15NO. The molecule has 102 valence electrons. The molecule has 1 aromatic heterocycles. The van der Waals surface area contributed by atoms with Gasteiger partial charge in [0.05, 0.1) is 0 Å². The minimum atomic E-state index is 0.357. The van der Waals surface area contributed by atoms with E-state index in [2.05, 4.69) is 29.2 Å². The molecule has 2 heteroatoms. The number of H-pyrrole nitrogens is 1. The summed E-state index contributed by atoms with van der Waals surface area (Å²) in [7, 11) is 0. The molecule has 0 amide bonds. The molecule has 0 saturated carbocycles. The van der Waals surface area contributed by atoms with Crippen LogP contribution in [0.3, 0.4) is 0 Å². The van der Waals surface area contributed by atoms with Gasteiger partial charge in [0.2, 0.25) is 0 Å². The average molecular weight is 273 g/mol. The maximum atomic E-state index is 10.4. The molecule has 0 radical (unpaired) electrons. The van der Waals surface area contributed by atoms with E-state index in [1.165, 1.54) is 5.39 Å². The second-order valence-corrected chi connectivity index (χ2v) is 5.37. The highest BCUT2D eigenvalue weighted by atomic mass is 16.3. The number of aromatic nitrogens is 1. The van der Waals surface area contributed by atoms with E-state index < -0.39 is 0 Å². The lowest BCUT2D eigenvalue weighted by Gasteiger charge is -2.09. The number of para-hydroxylation sites is 2. The molecule has 0 saturated heterocycles. The lowest BCUT2D eigenvalue weighted by molar-refractivity contribution is 0.473. The fraction of sp³-hybridized carbons (Fsp3) is 0.0526. The van der Waals surface area contributed by atoms with Gasteiger partial charge >= 0.3 is 0 Å². The van der Waals surface area contributed by atoms with Crippen molar-refractivity contribution in [3.8, 4) is 16.9 Å². The van der Waals surface area contributed by atoms with Crippen molar-refractivity contribution in [2.24, 2.45) is 0 Å². The van der Waals surface area contributed by atoms with Crippen molar-refractivity contribution in [2.45, 2.75) is 6.92 Å². The Bertz CT molecular complexity index is 966. The van der Waals surface area contributed by atoms with Gasteiger partial charge in [-0.15, -0.1) is 0 Å². The summed E-state index contributed by atoms with van der Waals surface area (Å²) < 4.78 is 0. The van der Waals surface area contributed by atoms with Gasteiger partial charge in [0, 0.05) is 27.4 Å². The quantitative estimate of drug-likeness (QED) is 0.503. The zero-order valence-electron chi connectivity index (χ0n) is 11.7. The Kier molecular flexibility index (Phi) is 2.51. The summed E-state index contributed by atoms with van der Waals surface area (Å²) in [5, 5.41) is 12.8. The maximum Gasteiger partial charge on any atom is 0.126 e. The predicted molar refractivity (Wildman–Crippen MR) is 87.6 cm³/mol. The number of rotatable bonds is 1. The number of benzene rings is 3. The fourth-order valence-electron chi connectivity index (χ4n) is 3.00. The van der Waals surface area contributed by atoms with Gasteiger partial charge in [0.15, 0.2) is 0 Å². The van der Waals surface area contributed by atoms with E-state index in [0.717, 1.165) is 33.1 Å². The van der Waals surface area contributed by atoms with Crippen molar-refractivity contribution < 1.29 is 5.11 Å². The molecule has 3 aromatic carbocycles. The Hall–Kier alpha value is -2.74. The summed E-state index contributed by atoms with van der Waals surface area (Å²) in [6.45, 7) is 1.92. The van der Waals surface area contributed by atoms with Crippen LogP contribution in [0.5, 0.6) is 5.75 Å². The number of phenols is 1. The molecule has 0 bridgehead atoms. The number of aromatic hydroxyl groups is 1. The van der Waals surface area contributed by atoms with Crippen molar-refractivity contribution in [1.29, 1.82) is 0 Å². The SMILES string of the molecule is Cc1cccc(-c2cccc3[nH]c4ccccc4c23)c1O. The molecular weight excluding hydrogens is 258 g/mol. The van der Waals surface area contributed by atoms with E-state index in [9.17, 15) is 5.11 Å². The molecule has 0 unspecified atom stereocenters. The van der Waals surface area contributed by atoms with Gasteiger partial charge in [-0.05, 0) is 30.2 Å². The highest BCUT2D eigenvalue weighted by Gasteiger charge is 2.13. The van der Waals surface area contributed by atoms with E-state index >= 15 is 0 Å². The number of hydrogen-bond donors (Lipinski definition) is 2. The summed E-state index contributed by atoms with van der Waals surface area (Å²) in [6, 6.07) is 20.3. The van der Waals surface area contributed by atoms with Crippen LogP contribution in [0.2, 0.25) is 0 Å². The van der Waals surface area contributed by atoms with Gasteiger partial charge in [0.1, 0.15) is 5.75 Å². The molecule has 21 heavy (non-hydrogen) atoms.